The van der Waals surface area contributed by atoms with E-state index in [0.29, 0.717) is 44.3 Å². The van der Waals surface area contributed by atoms with Crippen LogP contribution in [0.4, 0.5) is 5.69 Å². The maximum absolute atomic E-state index is 12.4. The van der Waals surface area contributed by atoms with Crippen molar-refractivity contribution in [1.29, 1.82) is 0 Å². The van der Waals surface area contributed by atoms with Gasteiger partial charge < -0.3 is 24.3 Å². The number of halogens is 2. The quantitative estimate of drug-likeness (QED) is 0.178. The fourth-order valence-corrected chi connectivity index (χ4v) is 3.86. The molecule has 0 aliphatic carbocycles. The Hall–Kier alpha value is -3.61. The molecule has 1 N–H and O–H groups in total. The van der Waals surface area contributed by atoms with Crippen LogP contribution in [0.2, 0.25) is 10.0 Å². The Kier molecular flexibility index (Phi) is 9.06. The Labute approximate surface area is 214 Å². The first-order valence-electron chi connectivity index (χ1n) is 10.5. The van der Waals surface area contributed by atoms with E-state index in [4.69, 9.17) is 42.1 Å². The van der Waals surface area contributed by atoms with Gasteiger partial charge in [0, 0.05) is 22.9 Å². The zero-order chi connectivity index (χ0) is 25.4. The standard InChI is InChI=1S/C27H25Cl2NO5/c1-32-24-14-18(15-25(33-2)27(24)35-4)9-8-17-12-21(29)26(34-3)22(13-17)30-11-10-23(31)19-6-5-7-20(28)16-19/h5-16,30H,1-4H3. The molecule has 0 bridgehead atoms. The number of nitrogens with one attached hydrogen (secondary N) is 1. The van der Waals surface area contributed by atoms with Crippen molar-refractivity contribution in [3.63, 3.8) is 0 Å². The van der Waals surface area contributed by atoms with Crippen molar-refractivity contribution in [3.8, 4) is 23.0 Å². The Bertz CT molecular complexity index is 1250. The molecule has 0 amide bonds. The highest BCUT2D eigenvalue weighted by atomic mass is 35.5. The van der Waals surface area contributed by atoms with Crippen LogP contribution >= 0.6 is 23.2 Å². The van der Waals surface area contributed by atoms with Crippen LogP contribution < -0.4 is 24.3 Å². The molecule has 3 aromatic carbocycles. The van der Waals surface area contributed by atoms with E-state index in [9.17, 15) is 4.79 Å². The molecule has 0 aliphatic rings. The van der Waals surface area contributed by atoms with Crippen LogP contribution in [0.3, 0.4) is 0 Å². The van der Waals surface area contributed by atoms with E-state index in [1.165, 1.54) is 19.4 Å². The van der Waals surface area contributed by atoms with Crippen molar-refractivity contribution in [3.05, 3.63) is 87.5 Å². The molecule has 0 radical (unpaired) electrons. The number of ether oxygens (including phenoxy) is 4. The van der Waals surface area contributed by atoms with Gasteiger partial charge in [-0.25, -0.2) is 0 Å². The lowest BCUT2D eigenvalue weighted by atomic mass is 10.1. The van der Waals surface area contributed by atoms with Gasteiger partial charge in [0.15, 0.2) is 23.0 Å². The van der Waals surface area contributed by atoms with E-state index < -0.39 is 0 Å². The van der Waals surface area contributed by atoms with Crippen LogP contribution in [0.25, 0.3) is 12.2 Å². The third kappa shape index (κ3) is 6.50. The smallest absolute Gasteiger partial charge is 0.203 e. The van der Waals surface area contributed by atoms with Gasteiger partial charge in [0.05, 0.1) is 39.1 Å². The minimum Gasteiger partial charge on any atom is -0.493 e. The predicted octanol–water partition coefficient (Wildman–Crippen LogP) is 7.01. The molecule has 35 heavy (non-hydrogen) atoms. The summed E-state index contributed by atoms with van der Waals surface area (Å²) in [6.45, 7) is 0. The van der Waals surface area contributed by atoms with Gasteiger partial charge in [0.1, 0.15) is 0 Å². The van der Waals surface area contributed by atoms with Crippen LogP contribution in [0.15, 0.2) is 60.8 Å². The monoisotopic (exact) mass is 513 g/mol. The van der Waals surface area contributed by atoms with Gasteiger partial charge in [-0.1, -0.05) is 47.5 Å². The lowest BCUT2D eigenvalue weighted by Gasteiger charge is -2.13. The highest BCUT2D eigenvalue weighted by Gasteiger charge is 2.13. The Morgan fingerprint density at radius 1 is 0.800 bits per heavy atom. The number of methoxy groups -OCH3 is 4. The number of allylic oxidation sites excluding steroid dienone is 1. The SMILES string of the molecule is COc1cc(C=Cc2cc(Cl)c(OC)c(NC=CC(=O)c3cccc(Cl)c3)c2)cc(OC)c1OC. The second kappa shape index (κ2) is 12.2. The van der Waals surface area contributed by atoms with Crippen molar-refractivity contribution >= 4 is 46.8 Å². The van der Waals surface area contributed by atoms with Crippen molar-refractivity contribution in [1.82, 2.24) is 0 Å². The number of carbonyl (C=O) groups is 1. The zero-order valence-corrected chi connectivity index (χ0v) is 21.2. The van der Waals surface area contributed by atoms with E-state index >= 15 is 0 Å². The predicted molar refractivity (Wildman–Crippen MR) is 142 cm³/mol. The number of carbonyl (C=O) groups excluding carboxylic acids is 1. The molecule has 0 saturated carbocycles. The maximum atomic E-state index is 12.4. The van der Waals surface area contributed by atoms with Gasteiger partial charge in [-0.2, -0.15) is 0 Å². The molecule has 0 atom stereocenters. The zero-order valence-electron chi connectivity index (χ0n) is 19.7. The summed E-state index contributed by atoms with van der Waals surface area (Å²) < 4.78 is 21.6. The normalized spacial score (nSPS) is 11.0. The fourth-order valence-electron chi connectivity index (χ4n) is 3.36. The molecule has 0 fully saturated rings. The lowest BCUT2D eigenvalue weighted by molar-refractivity contribution is 0.104. The number of rotatable bonds is 10. The average molecular weight is 514 g/mol. The van der Waals surface area contributed by atoms with Crippen molar-refractivity contribution < 1.29 is 23.7 Å². The van der Waals surface area contributed by atoms with Crippen molar-refractivity contribution in [2.75, 3.05) is 33.8 Å². The molecule has 0 aliphatic heterocycles. The van der Waals surface area contributed by atoms with E-state index in [-0.39, 0.29) is 5.78 Å². The van der Waals surface area contributed by atoms with E-state index in [0.717, 1.165) is 11.1 Å². The van der Waals surface area contributed by atoms with Crippen molar-refractivity contribution in [2.45, 2.75) is 0 Å². The Morgan fingerprint density at radius 2 is 1.43 bits per heavy atom. The molecule has 0 unspecified atom stereocenters. The number of ketones is 1. The summed E-state index contributed by atoms with van der Waals surface area (Å²) in [5, 5.41) is 3.99. The highest BCUT2D eigenvalue weighted by molar-refractivity contribution is 6.32. The average Bonchev–Trinajstić information content (AvgIpc) is 2.86. The summed E-state index contributed by atoms with van der Waals surface area (Å²) in [6.07, 6.45) is 6.73. The largest absolute Gasteiger partial charge is 0.493 e. The van der Waals surface area contributed by atoms with E-state index in [1.807, 2.05) is 30.4 Å². The molecule has 182 valence electrons. The molecule has 0 heterocycles. The van der Waals surface area contributed by atoms with Crippen LogP contribution in [-0.4, -0.2) is 34.2 Å². The number of hydrogen-bond donors (Lipinski definition) is 1. The summed E-state index contributed by atoms with van der Waals surface area (Å²) >= 11 is 12.4. The third-order valence-electron chi connectivity index (χ3n) is 5.01. The van der Waals surface area contributed by atoms with Crippen LogP contribution in [0, 0.1) is 0 Å². The molecule has 6 nitrogen and oxygen atoms in total. The van der Waals surface area contributed by atoms with Crippen LogP contribution in [0.5, 0.6) is 23.0 Å². The summed E-state index contributed by atoms with van der Waals surface area (Å²) in [5.74, 6) is 1.89. The molecule has 3 rings (SSSR count). The summed E-state index contributed by atoms with van der Waals surface area (Å²) in [6, 6.07) is 14.1. The summed E-state index contributed by atoms with van der Waals surface area (Å²) in [4.78, 5) is 12.4. The lowest BCUT2D eigenvalue weighted by Crippen LogP contribution is -1.98. The molecule has 0 spiro atoms. The van der Waals surface area contributed by atoms with Gasteiger partial charge in [0.25, 0.3) is 0 Å². The third-order valence-corrected chi connectivity index (χ3v) is 5.52. The van der Waals surface area contributed by atoms with Gasteiger partial charge in [-0.3, -0.25) is 4.79 Å². The van der Waals surface area contributed by atoms with Gasteiger partial charge in [-0.05, 0) is 47.5 Å². The molecular formula is C27H25Cl2NO5. The second-order valence-corrected chi connectivity index (χ2v) is 8.07. The summed E-state index contributed by atoms with van der Waals surface area (Å²) in [5.41, 5.74) is 2.73. The maximum Gasteiger partial charge on any atom is 0.203 e. The van der Waals surface area contributed by atoms with Crippen molar-refractivity contribution in [2.24, 2.45) is 0 Å². The Balaban J connectivity index is 1.85. The van der Waals surface area contributed by atoms with Gasteiger partial charge in [-0.15, -0.1) is 0 Å². The molecule has 8 heteroatoms. The summed E-state index contributed by atoms with van der Waals surface area (Å²) in [7, 11) is 6.21. The van der Waals surface area contributed by atoms with Crippen LogP contribution in [-0.2, 0) is 0 Å². The molecular weight excluding hydrogens is 489 g/mol. The first-order valence-corrected chi connectivity index (χ1v) is 11.2. The first-order chi connectivity index (χ1) is 16.9. The topological polar surface area (TPSA) is 66.0 Å². The Morgan fingerprint density at radius 3 is 2.00 bits per heavy atom. The second-order valence-electron chi connectivity index (χ2n) is 7.23. The van der Waals surface area contributed by atoms with Crippen LogP contribution in [0.1, 0.15) is 21.5 Å². The minimum absolute atomic E-state index is 0.191. The first kappa shape index (κ1) is 26.0. The fraction of sp³-hybridized carbons (Fsp3) is 0.148. The number of benzene rings is 3. The molecule has 0 aromatic heterocycles. The number of hydrogen-bond acceptors (Lipinski definition) is 6. The van der Waals surface area contributed by atoms with Gasteiger partial charge in [0.2, 0.25) is 5.75 Å². The van der Waals surface area contributed by atoms with Gasteiger partial charge >= 0.3 is 0 Å². The minimum atomic E-state index is -0.191. The molecule has 3 aromatic rings. The molecule has 0 saturated heterocycles. The highest BCUT2D eigenvalue weighted by Crippen LogP contribution is 2.39. The van der Waals surface area contributed by atoms with E-state index in [2.05, 4.69) is 5.32 Å². The van der Waals surface area contributed by atoms with E-state index in [1.54, 1.807) is 51.7 Å². The number of anilines is 1.